The van der Waals surface area contributed by atoms with Crippen LogP contribution in [0.2, 0.25) is 0 Å². The molecule has 0 aliphatic heterocycles. The van der Waals surface area contributed by atoms with Crippen molar-refractivity contribution in [3.05, 3.63) is 74.3 Å². The van der Waals surface area contributed by atoms with Gasteiger partial charge in [0.2, 0.25) is 34.8 Å². The summed E-state index contributed by atoms with van der Waals surface area (Å²) < 4.78 is 71.7. The van der Waals surface area contributed by atoms with Crippen LogP contribution in [0.3, 0.4) is 0 Å². The summed E-state index contributed by atoms with van der Waals surface area (Å²) in [6.07, 6.45) is 3.21. The van der Waals surface area contributed by atoms with Crippen LogP contribution in [0.5, 0.6) is 5.75 Å². The minimum Gasteiger partial charge on any atom is -0.416 e. The fraction of sp³-hybridized carbons (Fsp3) is 0.238. The number of benzene rings is 2. The van der Waals surface area contributed by atoms with Gasteiger partial charge in [-0.1, -0.05) is 12.5 Å². The quantitative estimate of drug-likeness (QED) is 0.212. The topological polar surface area (TPSA) is 59.2 Å². The largest absolute Gasteiger partial charge is 0.416 e. The van der Waals surface area contributed by atoms with Gasteiger partial charge in [0, 0.05) is 10.9 Å². The molecular weight excluding hydrogens is 409 g/mol. The minimum atomic E-state index is -2.38. The normalized spacial score (nSPS) is 14.1. The van der Waals surface area contributed by atoms with Gasteiger partial charge in [0.15, 0.2) is 0 Å². The zero-order valence-corrected chi connectivity index (χ0v) is 15.5. The lowest BCUT2D eigenvalue weighted by molar-refractivity contribution is 0.0714. The number of aromatic nitrogens is 1. The van der Waals surface area contributed by atoms with Gasteiger partial charge in [-0.2, -0.15) is 8.78 Å². The molecule has 0 spiro atoms. The molecule has 30 heavy (non-hydrogen) atoms. The van der Waals surface area contributed by atoms with Gasteiger partial charge in [-0.15, -0.1) is 0 Å². The summed E-state index contributed by atoms with van der Waals surface area (Å²) in [5.74, 6) is -14.4. The maximum atomic E-state index is 13.8. The van der Waals surface area contributed by atoms with Crippen molar-refractivity contribution >= 4 is 16.9 Å². The van der Waals surface area contributed by atoms with Crippen LogP contribution in [-0.4, -0.2) is 11.0 Å². The van der Waals surface area contributed by atoms with E-state index in [2.05, 4.69) is 9.72 Å². The lowest BCUT2D eigenvalue weighted by atomic mass is 9.79. The van der Waals surface area contributed by atoms with Gasteiger partial charge >= 0.3 is 5.97 Å². The maximum Gasteiger partial charge on any atom is 0.349 e. The number of H-pyrrole nitrogens is 1. The Morgan fingerprint density at radius 1 is 0.967 bits per heavy atom. The highest BCUT2D eigenvalue weighted by Crippen LogP contribution is 2.38. The number of esters is 1. The van der Waals surface area contributed by atoms with E-state index < -0.39 is 51.9 Å². The summed E-state index contributed by atoms with van der Waals surface area (Å²) in [6, 6.07) is 4.89. The number of fused-ring (bicyclic) bond motifs is 1. The summed E-state index contributed by atoms with van der Waals surface area (Å²) in [5, 5.41) is 0.488. The molecule has 1 fully saturated rings. The Labute approximate surface area is 166 Å². The van der Waals surface area contributed by atoms with E-state index in [9.17, 15) is 31.5 Å². The van der Waals surface area contributed by atoms with E-state index >= 15 is 0 Å². The molecule has 0 saturated heterocycles. The van der Waals surface area contributed by atoms with Crippen molar-refractivity contribution in [3.63, 3.8) is 0 Å². The van der Waals surface area contributed by atoms with E-state index in [1.54, 1.807) is 13.0 Å². The summed E-state index contributed by atoms with van der Waals surface area (Å²) in [4.78, 5) is 27.2. The molecule has 156 valence electrons. The second-order valence-electron chi connectivity index (χ2n) is 7.23. The number of aromatic amines is 1. The Morgan fingerprint density at radius 2 is 1.57 bits per heavy atom. The van der Waals surface area contributed by atoms with Crippen LogP contribution in [-0.2, 0) is 0 Å². The number of aryl methyl sites for hydroxylation is 1. The highest BCUT2D eigenvalue weighted by molar-refractivity contribution is 5.95. The van der Waals surface area contributed by atoms with Crippen LogP contribution >= 0.6 is 0 Å². The van der Waals surface area contributed by atoms with E-state index in [4.69, 9.17) is 0 Å². The molecule has 1 saturated carbocycles. The highest BCUT2D eigenvalue weighted by atomic mass is 19.2. The Hall–Kier alpha value is -3.23. The Balaban J connectivity index is 1.75. The number of rotatable bonds is 3. The van der Waals surface area contributed by atoms with Crippen molar-refractivity contribution in [1.29, 1.82) is 0 Å². The third kappa shape index (κ3) is 3.14. The molecule has 0 atom stereocenters. The number of hydrogen-bond acceptors (Lipinski definition) is 3. The summed E-state index contributed by atoms with van der Waals surface area (Å²) in [5.41, 5.74) is 0.719. The molecule has 0 radical (unpaired) electrons. The predicted molar refractivity (Wildman–Crippen MR) is 97.1 cm³/mol. The van der Waals surface area contributed by atoms with E-state index in [1.807, 2.05) is 6.07 Å². The number of carbonyl (C=O) groups excluding carboxylic acids is 1. The van der Waals surface area contributed by atoms with Crippen molar-refractivity contribution in [2.24, 2.45) is 0 Å². The van der Waals surface area contributed by atoms with E-state index in [1.165, 1.54) is 6.07 Å². The summed E-state index contributed by atoms with van der Waals surface area (Å²) >= 11 is 0. The molecular formula is C21H14F5NO3. The van der Waals surface area contributed by atoms with Gasteiger partial charge < -0.3 is 9.72 Å². The molecule has 4 nitrogen and oxygen atoms in total. The molecule has 3 aromatic rings. The molecule has 1 N–H and O–H groups in total. The first kappa shape index (κ1) is 20.1. The van der Waals surface area contributed by atoms with Crippen LogP contribution in [0.4, 0.5) is 22.0 Å². The van der Waals surface area contributed by atoms with Crippen LogP contribution in [0, 0.1) is 36.0 Å². The van der Waals surface area contributed by atoms with E-state index in [0.717, 1.165) is 30.4 Å². The number of halogens is 5. The second-order valence-corrected chi connectivity index (χ2v) is 7.23. The van der Waals surface area contributed by atoms with Crippen LogP contribution in [0.1, 0.15) is 46.7 Å². The molecule has 0 bridgehead atoms. The highest BCUT2D eigenvalue weighted by Gasteiger charge is 2.29. The van der Waals surface area contributed by atoms with Gasteiger partial charge in [-0.25, -0.2) is 18.0 Å². The van der Waals surface area contributed by atoms with Gasteiger partial charge in [-0.05, 0) is 48.9 Å². The number of nitrogens with one attached hydrogen (secondary N) is 1. The van der Waals surface area contributed by atoms with Crippen LogP contribution in [0.15, 0.2) is 23.0 Å². The molecule has 1 heterocycles. The van der Waals surface area contributed by atoms with Gasteiger partial charge in [0.05, 0.1) is 0 Å². The standard InChI is InChI=1S/C21H14F5NO3/c1-8-5-10(9-3-2-4-9)6-13-11(8)7-12(20(28)27-13)21(29)30-19-17(25)15(23)14(22)16(24)18(19)26/h5-7,9H,2-4H2,1H3,(H,27,28). The van der Waals surface area contributed by atoms with Crippen molar-refractivity contribution in [2.75, 3.05) is 0 Å². The smallest absolute Gasteiger partial charge is 0.349 e. The van der Waals surface area contributed by atoms with Crippen LogP contribution in [0.25, 0.3) is 10.9 Å². The zero-order valence-electron chi connectivity index (χ0n) is 15.5. The van der Waals surface area contributed by atoms with Crippen molar-refractivity contribution in [1.82, 2.24) is 4.98 Å². The minimum absolute atomic E-state index is 0.399. The first-order valence-corrected chi connectivity index (χ1v) is 9.10. The molecule has 2 aromatic carbocycles. The molecule has 9 heteroatoms. The first-order valence-electron chi connectivity index (χ1n) is 9.10. The number of carbonyl (C=O) groups is 1. The number of pyridine rings is 1. The average molecular weight is 423 g/mol. The summed E-state index contributed by atoms with van der Waals surface area (Å²) in [6.45, 7) is 1.77. The first-order chi connectivity index (χ1) is 14.2. The van der Waals surface area contributed by atoms with Gasteiger partial charge in [-0.3, -0.25) is 4.79 Å². The number of hydrogen-bond donors (Lipinski definition) is 1. The SMILES string of the molecule is Cc1cc(C2CCC2)cc2[nH]c(=O)c(C(=O)Oc3c(F)c(F)c(F)c(F)c3F)cc12. The fourth-order valence-corrected chi connectivity index (χ4v) is 3.47. The Kier molecular flexibility index (Phi) is 4.83. The van der Waals surface area contributed by atoms with Crippen LogP contribution < -0.4 is 10.3 Å². The molecule has 0 unspecified atom stereocenters. The van der Waals surface area contributed by atoms with Crippen molar-refractivity contribution in [3.8, 4) is 5.75 Å². The molecule has 0 amide bonds. The predicted octanol–water partition coefficient (Wildman–Crippen LogP) is 5.02. The average Bonchev–Trinajstić information content (AvgIpc) is 2.66. The van der Waals surface area contributed by atoms with Gasteiger partial charge in [0.25, 0.3) is 5.56 Å². The van der Waals surface area contributed by atoms with E-state index in [0.29, 0.717) is 16.8 Å². The zero-order chi connectivity index (χ0) is 21.7. The number of ether oxygens (including phenoxy) is 1. The lowest BCUT2D eigenvalue weighted by Crippen LogP contribution is -2.23. The fourth-order valence-electron chi connectivity index (χ4n) is 3.47. The second kappa shape index (κ2) is 7.23. The lowest BCUT2D eigenvalue weighted by Gasteiger charge is -2.26. The third-order valence-corrected chi connectivity index (χ3v) is 5.35. The monoisotopic (exact) mass is 423 g/mol. The Bertz CT molecular complexity index is 1230. The molecule has 1 aliphatic rings. The van der Waals surface area contributed by atoms with Crippen molar-refractivity contribution < 1.29 is 31.5 Å². The van der Waals surface area contributed by atoms with E-state index in [-0.39, 0.29) is 0 Å². The molecule has 4 rings (SSSR count). The van der Waals surface area contributed by atoms with Gasteiger partial charge in [0.1, 0.15) is 5.56 Å². The van der Waals surface area contributed by atoms with Crippen molar-refractivity contribution in [2.45, 2.75) is 32.1 Å². The third-order valence-electron chi connectivity index (χ3n) is 5.35. The molecule has 1 aromatic heterocycles. The summed E-state index contributed by atoms with van der Waals surface area (Å²) in [7, 11) is 0. The molecule has 1 aliphatic carbocycles. The Morgan fingerprint density at radius 3 is 2.13 bits per heavy atom. The maximum absolute atomic E-state index is 13.8.